The van der Waals surface area contributed by atoms with Gasteiger partial charge in [-0.15, -0.1) is 0 Å². The van der Waals surface area contributed by atoms with Crippen LogP contribution in [0.4, 0.5) is 0 Å². The van der Waals surface area contributed by atoms with Crippen molar-refractivity contribution in [3.05, 3.63) is 0 Å². The highest BCUT2D eigenvalue weighted by atomic mass is 16.5. The van der Waals surface area contributed by atoms with E-state index in [9.17, 15) is 5.26 Å². The fourth-order valence-corrected chi connectivity index (χ4v) is 2.63. The van der Waals surface area contributed by atoms with Crippen LogP contribution in [0.25, 0.3) is 0 Å². The fourth-order valence-electron chi connectivity index (χ4n) is 2.63. The Balaban J connectivity index is 2.48. The second kappa shape index (κ2) is 6.12. The lowest BCUT2D eigenvalue weighted by molar-refractivity contribution is 0.0927. The zero-order chi connectivity index (χ0) is 11.1. The lowest BCUT2D eigenvalue weighted by Gasteiger charge is -2.35. The van der Waals surface area contributed by atoms with Gasteiger partial charge in [0.25, 0.3) is 0 Å². The van der Waals surface area contributed by atoms with Crippen molar-refractivity contribution in [2.75, 3.05) is 13.2 Å². The minimum absolute atomic E-state index is 0.0753. The number of nitriles is 1. The van der Waals surface area contributed by atoms with Gasteiger partial charge in [0.1, 0.15) is 0 Å². The zero-order valence-corrected chi connectivity index (χ0v) is 10.1. The number of rotatable bonds is 5. The molecule has 1 fully saturated rings. The summed E-state index contributed by atoms with van der Waals surface area (Å²) in [5.74, 6) is 0.764. The third-order valence-corrected chi connectivity index (χ3v) is 3.69. The van der Waals surface area contributed by atoms with E-state index in [1.54, 1.807) is 0 Å². The van der Waals surface area contributed by atoms with Crippen molar-refractivity contribution in [2.24, 2.45) is 11.3 Å². The summed E-state index contributed by atoms with van der Waals surface area (Å²) in [4.78, 5) is 0. The molecule has 0 N–H and O–H groups in total. The van der Waals surface area contributed by atoms with Crippen LogP contribution in [0.3, 0.4) is 0 Å². The molecule has 0 spiro atoms. The van der Waals surface area contributed by atoms with Gasteiger partial charge in [-0.3, -0.25) is 0 Å². The van der Waals surface area contributed by atoms with E-state index in [-0.39, 0.29) is 5.41 Å². The van der Waals surface area contributed by atoms with Crippen LogP contribution >= 0.6 is 0 Å². The highest BCUT2D eigenvalue weighted by Crippen LogP contribution is 2.42. The van der Waals surface area contributed by atoms with Crippen molar-refractivity contribution < 1.29 is 4.74 Å². The topological polar surface area (TPSA) is 33.0 Å². The van der Waals surface area contributed by atoms with Crippen LogP contribution in [-0.2, 0) is 4.74 Å². The molecule has 1 saturated carbocycles. The van der Waals surface area contributed by atoms with Crippen molar-refractivity contribution in [2.45, 2.75) is 52.4 Å². The van der Waals surface area contributed by atoms with Crippen LogP contribution in [0.2, 0.25) is 0 Å². The molecule has 1 rings (SSSR count). The average molecular weight is 209 g/mol. The normalized spacial score (nSPS) is 31.1. The fraction of sp³-hybridized carbons (Fsp3) is 0.923. The molecule has 15 heavy (non-hydrogen) atoms. The summed E-state index contributed by atoms with van der Waals surface area (Å²) in [6.45, 7) is 5.76. The minimum Gasteiger partial charge on any atom is -0.382 e. The van der Waals surface area contributed by atoms with Gasteiger partial charge >= 0.3 is 0 Å². The van der Waals surface area contributed by atoms with Crippen molar-refractivity contribution in [1.29, 1.82) is 5.26 Å². The molecular formula is C13H23NO. The van der Waals surface area contributed by atoms with Crippen molar-refractivity contribution in [1.82, 2.24) is 0 Å². The molecular weight excluding hydrogens is 186 g/mol. The van der Waals surface area contributed by atoms with Gasteiger partial charge in [-0.2, -0.15) is 5.26 Å². The minimum atomic E-state index is -0.0753. The lowest BCUT2D eigenvalue weighted by Crippen LogP contribution is -2.28. The first-order chi connectivity index (χ1) is 7.26. The highest BCUT2D eigenvalue weighted by molar-refractivity contribution is 5.01. The standard InChI is InChI=1S/C13H23NO/c1-3-12-6-5-7-13(10-12,11-14)8-9-15-4-2/h12H,3-10H2,1-2H3. The monoisotopic (exact) mass is 209 g/mol. The summed E-state index contributed by atoms with van der Waals surface area (Å²) < 4.78 is 5.38. The Hall–Kier alpha value is -0.550. The predicted molar refractivity (Wildman–Crippen MR) is 61.4 cm³/mol. The maximum absolute atomic E-state index is 9.35. The molecule has 0 aromatic rings. The number of hydrogen-bond donors (Lipinski definition) is 0. The summed E-state index contributed by atoms with van der Waals surface area (Å²) in [5, 5.41) is 9.35. The first kappa shape index (κ1) is 12.5. The van der Waals surface area contributed by atoms with Crippen molar-refractivity contribution >= 4 is 0 Å². The molecule has 0 saturated heterocycles. The molecule has 86 valence electrons. The van der Waals surface area contributed by atoms with Gasteiger partial charge in [-0.05, 0) is 32.1 Å². The van der Waals surface area contributed by atoms with Crippen molar-refractivity contribution in [3.8, 4) is 6.07 Å². The Kier molecular flexibility index (Phi) is 5.11. The zero-order valence-electron chi connectivity index (χ0n) is 10.1. The molecule has 0 radical (unpaired) electrons. The van der Waals surface area contributed by atoms with Crippen molar-refractivity contribution in [3.63, 3.8) is 0 Å². The molecule has 1 aliphatic rings. The molecule has 0 amide bonds. The van der Waals surface area contributed by atoms with Gasteiger partial charge in [0.05, 0.1) is 11.5 Å². The Morgan fingerprint density at radius 1 is 1.47 bits per heavy atom. The Morgan fingerprint density at radius 3 is 2.87 bits per heavy atom. The molecule has 0 aromatic carbocycles. The van der Waals surface area contributed by atoms with Gasteiger partial charge in [0.15, 0.2) is 0 Å². The van der Waals surface area contributed by atoms with E-state index in [0.717, 1.165) is 38.4 Å². The number of ether oxygens (including phenoxy) is 1. The largest absolute Gasteiger partial charge is 0.382 e. The SMILES string of the molecule is CCOCCC1(C#N)CCCC(CC)C1. The number of nitrogens with zero attached hydrogens (tertiary/aromatic N) is 1. The maximum Gasteiger partial charge on any atom is 0.0690 e. The Labute approximate surface area is 93.6 Å². The summed E-state index contributed by atoms with van der Waals surface area (Å²) in [6.07, 6.45) is 6.85. The summed E-state index contributed by atoms with van der Waals surface area (Å²) in [7, 11) is 0. The van der Waals surface area contributed by atoms with Gasteiger partial charge < -0.3 is 4.74 Å². The smallest absolute Gasteiger partial charge is 0.0690 e. The highest BCUT2D eigenvalue weighted by Gasteiger charge is 2.35. The first-order valence-corrected chi connectivity index (χ1v) is 6.25. The summed E-state index contributed by atoms with van der Waals surface area (Å²) >= 11 is 0. The van der Waals surface area contributed by atoms with E-state index in [1.165, 1.54) is 19.3 Å². The van der Waals surface area contributed by atoms with Gasteiger partial charge in [-0.1, -0.05) is 26.2 Å². The van der Waals surface area contributed by atoms with E-state index in [0.29, 0.717) is 0 Å². The third kappa shape index (κ3) is 3.50. The molecule has 2 nitrogen and oxygen atoms in total. The summed E-state index contributed by atoms with van der Waals surface area (Å²) in [6, 6.07) is 2.56. The third-order valence-electron chi connectivity index (χ3n) is 3.69. The van der Waals surface area contributed by atoms with E-state index in [4.69, 9.17) is 4.74 Å². The van der Waals surface area contributed by atoms with E-state index >= 15 is 0 Å². The molecule has 0 heterocycles. The second-order valence-corrected chi connectivity index (χ2v) is 4.71. The van der Waals surface area contributed by atoms with E-state index in [1.807, 2.05) is 6.92 Å². The van der Waals surface area contributed by atoms with Gasteiger partial charge in [0.2, 0.25) is 0 Å². The molecule has 2 atom stereocenters. The van der Waals surface area contributed by atoms with E-state index in [2.05, 4.69) is 13.0 Å². The van der Waals surface area contributed by atoms with Gasteiger partial charge in [-0.25, -0.2) is 0 Å². The second-order valence-electron chi connectivity index (χ2n) is 4.71. The average Bonchev–Trinajstić information content (AvgIpc) is 2.30. The molecule has 0 aromatic heterocycles. The lowest BCUT2D eigenvalue weighted by atomic mass is 9.68. The first-order valence-electron chi connectivity index (χ1n) is 6.25. The maximum atomic E-state index is 9.35. The predicted octanol–water partition coefficient (Wildman–Crippen LogP) is 3.52. The van der Waals surface area contributed by atoms with Gasteiger partial charge in [0, 0.05) is 13.2 Å². The van der Waals surface area contributed by atoms with E-state index < -0.39 is 0 Å². The molecule has 2 heteroatoms. The summed E-state index contributed by atoms with van der Waals surface area (Å²) in [5.41, 5.74) is -0.0753. The van der Waals surface area contributed by atoms with Crippen LogP contribution < -0.4 is 0 Å². The Bertz CT molecular complexity index is 221. The van der Waals surface area contributed by atoms with Crippen LogP contribution in [-0.4, -0.2) is 13.2 Å². The van der Waals surface area contributed by atoms with Crippen LogP contribution in [0.15, 0.2) is 0 Å². The molecule has 1 aliphatic carbocycles. The molecule has 0 bridgehead atoms. The quantitative estimate of drug-likeness (QED) is 0.649. The molecule has 2 unspecified atom stereocenters. The number of hydrogen-bond acceptors (Lipinski definition) is 2. The van der Waals surface area contributed by atoms with Crippen LogP contribution in [0, 0.1) is 22.7 Å². The molecule has 0 aliphatic heterocycles. The Morgan fingerprint density at radius 2 is 2.27 bits per heavy atom. The van der Waals surface area contributed by atoms with Crippen LogP contribution in [0.5, 0.6) is 0 Å². The van der Waals surface area contributed by atoms with Crippen LogP contribution in [0.1, 0.15) is 52.4 Å².